The molecular formula is C20H23N3O2. The highest BCUT2D eigenvalue weighted by molar-refractivity contribution is 6.01. The van der Waals surface area contributed by atoms with E-state index < -0.39 is 0 Å². The SMILES string of the molecule is CC(C)C(=O)N1CCCc2ccc(NC(=O)Nc3ccccc3)cc21. The van der Waals surface area contributed by atoms with Gasteiger partial charge in [0.05, 0.1) is 0 Å². The van der Waals surface area contributed by atoms with Crippen LogP contribution >= 0.6 is 0 Å². The number of benzene rings is 2. The molecule has 2 aromatic rings. The van der Waals surface area contributed by atoms with Crippen LogP contribution in [0.15, 0.2) is 48.5 Å². The first-order chi connectivity index (χ1) is 12.0. The highest BCUT2D eigenvalue weighted by Crippen LogP contribution is 2.31. The minimum atomic E-state index is -0.302. The van der Waals surface area contributed by atoms with Crippen molar-refractivity contribution in [2.24, 2.45) is 5.92 Å². The summed E-state index contributed by atoms with van der Waals surface area (Å²) >= 11 is 0. The summed E-state index contributed by atoms with van der Waals surface area (Å²) in [6.07, 6.45) is 1.92. The lowest BCUT2D eigenvalue weighted by atomic mass is 9.99. The zero-order valence-corrected chi connectivity index (χ0v) is 14.6. The summed E-state index contributed by atoms with van der Waals surface area (Å²) in [4.78, 5) is 26.5. The zero-order chi connectivity index (χ0) is 17.8. The maximum absolute atomic E-state index is 12.5. The lowest BCUT2D eigenvalue weighted by molar-refractivity contribution is -0.121. The minimum Gasteiger partial charge on any atom is -0.312 e. The van der Waals surface area contributed by atoms with Gasteiger partial charge in [-0.3, -0.25) is 4.79 Å². The molecule has 0 spiro atoms. The van der Waals surface area contributed by atoms with Crippen LogP contribution in [0.25, 0.3) is 0 Å². The fourth-order valence-corrected chi connectivity index (χ4v) is 3.01. The van der Waals surface area contributed by atoms with Crippen molar-refractivity contribution in [2.45, 2.75) is 26.7 Å². The van der Waals surface area contributed by atoms with E-state index in [4.69, 9.17) is 0 Å². The van der Waals surface area contributed by atoms with Crippen molar-refractivity contribution in [3.05, 3.63) is 54.1 Å². The Morgan fingerprint density at radius 3 is 2.44 bits per heavy atom. The first-order valence-corrected chi connectivity index (χ1v) is 8.62. The number of rotatable bonds is 3. The van der Waals surface area contributed by atoms with E-state index in [1.807, 2.05) is 67.3 Å². The fourth-order valence-electron chi connectivity index (χ4n) is 3.01. The van der Waals surface area contributed by atoms with E-state index in [0.717, 1.165) is 36.3 Å². The number of hydrogen-bond acceptors (Lipinski definition) is 2. The number of aryl methyl sites for hydroxylation is 1. The van der Waals surface area contributed by atoms with Crippen LogP contribution in [0.3, 0.4) is 0 Å². The molecule has 0 bridgehead atoms. The standard InChI is InChI=1S/C20H23N3O2/c1-14(2)19(24)23-12-6-7-15-10-11-17(13-18(15)23)22-20(25)21-16-8-4-3-5-9-16/h3-5,8-11,13-14H,6-7,12H2,1-2H3,(H2,21,22,25). The molecule has 1 aliphatic heterocycles. The fraction of sp³-hybridized carbons (Fsp3) is 0.300. The number of carbonyl (C=O) groups is 2. The van der Waals surface area contributed by atoms with Gasteiger partial charge >= 0.3 is 6.03 Å². The molecule has 0 fully saturated rings. The molecular weight excluding hydrogens is 314 g/mol. The summed E-state index contributed by atoms with van der Waals surface area (Å²) in [6, 6.07) is 14.7. The van der Waals surface area contributed by atoms with Gasteiger partial charge in [-0.1, -0.05) is 38.1 Å². The van der Waals surface area contributed by atoms with Crippen molar-refractivity contribution in [3.8, 4) is 0 Å². The Hall–Kier alpha value is -2.82. The monoisotopic (exact) mass is 337 g/mol. The number of carbonyl (C=O) groups excluding carboxylic acids is 2. The Labute approximate surface area is 148 Å². The highest BCUT2D eigenvalue weighted by Gasteiger charge is 2.24. The Kier molecular flexibility index (Phi) is 5.03. The number of para-hydroxylation sites is 1. The summed E-state index contributed by atoms with van der Waals surface area (Å²) in [5.41, 5.74) is 3.46. The lowest BCUT2D eigenvalue weighted by Crippen LogP contribution is -2.38. The molecule has 3 rings (SSSR count). The molecule has 0 saturated carbocycles. The first-order valence-electron chi connectivity index (χ1n) is 8.62. The second kappa shape index (κ2) is 7.38. The van der Waals surface area contributed by atoms with Crippen molar-refractivity contribution in [1.29, 1.82) is 0 Å². The van der Waals surface area contributed by atoms with Crippen LogP contribution in [0.5, 0.6) is 0 Å². The van der Waals surface area contributed by atoms with Gasteiger partial charge in [0, 0.05) is 29.5 Å². The number of fused-ring (bicyclic) bond motifs is 1. The normalized spacial score (nSPS) is 13.3. The molecule has 0 radical (unpaired) electrons. The number of amides is 3. The quantitative estimate of drug-likeness (QED) is 0.879. The van der Waals surface area contributed by atoms with Gasteiger partial charge in [0.1, 0.15) is 0 Å². The molecule has 0 saturated heterocycles. The molecule has 0 aromatic heterocycles. The number of nitrogens with zero attached hydrogens (tertiary/aromatic N) is 1. The summed E-state index contributed by atoms with van der Waals surface area (Å²) in [5.74, 6) is 0.0655. The predicted molar refractivity (Wildman–Crippen MR) is 101 cm³/mol. The third-order valence-corrected chi connectivity index (χ3v) is 4.25. The van der Waals surface area contributed by atoms with E-state index in [1.54, 1.807) is 0 Å². The lowest BCUT2D eigenvalue weighted by Gasteiger charge is -2.31. The van der Waals surface area contributed by atoms with Crippen LogP contribution in [0, 0.1) is 5.92 Å². The average Bonchev–Trinajstić information content (AvgIpc) is 2.61. The summed E-state index contributed by atoms with van der Waals surface area (Å²) < 4.78 is 0. The van der Waals surface area contributed by atoms with E-state index in [-0.39, 0.29) is 17.9 Å². The molecule has 25 heavy (non-hydrogen) atoms. The summed E-state index contributed by atoms with van der Waals surface area (Å²) in [7, 11) is 0. The predicted octanol–water partition coefficient (Wildman–Crippen LogP) is 4.27. The van der Waals surface area contributed by atoms with Crippen molar-refractivity contribution in [1.82, 2.24) is 0 Å². The second-order valence-corrected chi connectivity index (χ2v) is 6.54. The van der Waals surface area contributed by atoms with Crippen molar-refractivity contribution in [3.63, 3.8) is 0 Å². The third-order valence-electron chi connectivity index (χ3n) is 4.25. The van der Waals surface area contributed by atoms with Gasteiger partial charge in [-0.05, 0) is 42.7 Å². The molecule has 0 unspecified atom stereocenters. The van der Waals surface area contributed by atoms with Crippen LogP contribution in [0.2, 0.25) is 0 Å². The molecule has 1 heterocycles. The maximum Gasteiger partial charge on any atom is 0.323 e. The molecule has 5 heteroatoms. The van der Waals surface area contributed by atoms with Crippen molar-refractivity contribution in [2.75, 3.05) is 22.1 Å². The van der Waals surface area contributed by atoms with Gasteiger partial charge in [-0.15, -0.1) is 0 Å². The van der Waals surface area contributed by atoms with Gasteiger partial charge < -0.3 is 15.5 Å². The highest BCUT2D eigenvalue weighted by atomic mass is 16.2. The first kappa shape index (κ1) is 17.0. The van der Waals surface area contributed by atoms with E-state index in [0.29, 0.717) is 5.69 Å². The van der Waals surface area contributed by atoms with Gasteiger partial charge in [0.25, 0.3) is 0 Å². The smallest absolute Gasteiger partial charge is 0.312 e. The van der Waals surface area contributed by atoms with Crippen LogP contribution in [-0.4, -0.2) is 18.5 Å². The molecule has 1 aliphatic rings. The topological polar surface area (TPSA) is 61.4 Å². The Morgan fingerprint density at radius 1 is 1.00 bits per heavy atom. The summed E-state index contributed by atoms with van der Waals surface area (Å²) in [6.45, 7) is 4.54. The van der Waals surface area contributed by atoms with Crippen molar-refractivity contribution < 1.29 is 9.59 Å². The molecule has 2 aromatic carbocycles. The van der Waals surface area contributed by atoms with Crippen LogP contribution in [-0.2, 0) is 11.2 Å². The second-order valence-electron chi connectivity index (χ2n) is 6.54. The molecule has 0 aliphatic carbocycles. The molecule has 130 valence electrons. The molecule has 5 nitrogen and oxygen atoms in total. The van der Waals surface area contributed by atoms with E-state index >= 15 is 0 Å². The number of nitrogens with one attached hydrogen (secondary N) is 2. The Morgan fingerprint density at radius 2 is 1.72 bits per heavy atom. The van der Waals surface area contributed by atoms with Crippen LogP contribution in [0.1, 0.15) is 25.8 Å². The average molecular weight is 337 g/mol. The molecule has 0 atom stereocenters. The van der Waals surface area contributed by atoms with Gasteiger partial charge in [0.2, 0.25) is 5.91 Å². The minimum absolute atomic E-state index is 0.0519. The van der Waals surface area contributed by atoms with E-state index in [9.17, 15) is 9.59 Å². The maximum atomic E-state index is 12.5. The Balaban J connectivity index is 1.76. The Bertz CT molecular complexity index is 772. The van der Waals surface area contributed by atoms with E-state index in [2.05, 4.69) is 10.6 Å². The molecule has 3 amide bonds. The van der Waals surface area contributed by atoms with Gasteiger partial charge in [0.15, 0.2) is 0 Å². The zero-order valence-electron chi connectivity index (χ0n) is 14.6. The van der Waals surface area contributed by atoms with Gasteiger partial charge in [-0.2, -0.15) is 0 Å². The largest absolute Gasteiger partial charge is 0.323 e. The number of anilines is 3. The van der Waals surface area contributed by atoms with E-state index in [1.165, 1.54) is 0 Å². The van der Waals surface area contributed by atoms with Crippen LogP contribution in [0.4, 0.5) is 21.9 Å². The number of urea groups is 1. The summed E-state index contributed by atoms with van der Waals surface area (Å²) in [5, 5.41) is 5.63. The molecule has 2 N–H and O–H groups in total. The third kappa shape index (κ3) is 3.99. The van der Waals surface area contributed by atoms with Gasteiger partial charge in [-0.25, -0.2) is 4.79 Å². The number of hydrogen-bond donors (Lipinski definition) is 2. The van der Waals surface area contributed by atoms with Crippen molar-refractivity contribution >= 4 is 29.0 Å². The van der Waals surface area contributed by atoms with Crippen LogP contribution < -0.4 is 15.5 Å².